The number of aromatic nitrogens is 1. The van der Waals surface area contributed by atoms with Crippen LogP contribution in [0.5, 0.6) is 0 Å². The van der Waals surface area contributed by atoms with Gasteiger partial charge in [-0.1, -0.05) is 0 Å². The fourth-order valence-corrected chi connectivity index (χ4v) is 3.25. The number of carbonyl (C=O) groups excluding carboxylic acids is 1. The molecule has 1 saturated heterocycles. The number of halogens is 1. The maximum absolute atomic E-state index is 12.2. The van der Waals surface area contributed by atoms with Crippen LogP contribution in [0, 0.1) is 12.8 Å². The highest BCUT2D eigenvalue weighted by Crippen LogP contribution is 2.21. The molecule has 2 rings (SSSR count). The zero-order valence-electron chi connectivity index (χ0n) is 15.0. The molecule has 1 aromatic heterocycles. The molecule has 1 N–H and O–H groups in total. The highest BCUT2D eigenvalue weighted by atomic mass is 127. The van der Waals surface area contributed by atoms with Crippen LogP contribution < -0.4 is 5.32 Å². The van der Waals surface area contributed by atoms with E-state index < -0.39 is 5.60 Å². The first-order chi connectivity index (χ1) is 10.8. The highest BCUT2D eigenvalue weighted by molar-refractivity contribution is 14.0. The van der Waals surface area contributed by atoms with Gasteiger partial charge in [0.25, 0.3) is 0 Å². The molecule has 1 atom stereocenters. The van der Waals surface area contributed by atoms with Gasteiger partial charge < -0.3 is 15.0 Å². The lowest BCUT2D eigenvalue weighted by molar-refractivity contribution is -0.159. The van der Waals surface area contributed by atoms with Crippen molar-refractivity contribution in [1.82, 2.24) is 15.2 Å². The molecule has 1 unspecified atom stereocenters. The predicted octanol–water partition coefficient (Wildman–Crippen LogP) is 2.81. The molecule has 0 amide bonds. The fourth-order valence-electron chi connectivity index (χ4n) is 2.52. The molecule has 0 aliphatic carbocycles. The van der Waals surface area contributed by atoms with Crippen molar-refractivity contribution in [1.29, 1.82) is 0 Å². The summed E-state index contributed by atoms with van der Waals surface area (Å²) in [4.78, 5) is 24.0. The molecule has 0 bridgehead atoms. The van der Waals surface area contributed by atoms with Crippen LogP contribution in [0.2, 0.25) is 0 Å². The Labute approximate surface area is 165 Å². The van der Waals surface area contributed by atoms with Gasteiger partial charge in [0.05, 0.1) is 17.5 Å². The molecule has 0 saturated carbocycles. The van der Waals surface area contributed by atoms with E-state index in [1.165, 1.54) is 4.88 Å². The van der Waals surface area contributed by atoms with Gasteiger partial charge in [0, 0.05) is 31.2 Å². The number of ether oxygens (including phenoxy) is 1. The number of esters is 1. The number of carbonyl (C=O) groups is 1. The van der Waals surface area contributed by atoms with E-state index in [0.717, 1.165) is 23.9 Å². The van der Waals surface area contributed by atoms with E-state index in [-0.39, 0.29) is 35.9 Å². The molecular weight excluding hydrogens is 439 g/mol. The maximum Gasteiger partial charge on any atom is 0.311 e. The Morgan fingerprint density at radius 2 is 2.25 bits per heavy atom. The Kier molecular flexibility index (Phi) is 7.91. The number of guanidine groups is 1. The van der Waals surface area contributed by atoms with Crippen molar-refractivity contribution in [3.63, 3.8) is 0 Å². The first-order valence-electron chi connectivity index (χ1n) is 7.88. The van der Waals surface area contributed by atoms with E-state index in [1.807, 2.05) is 33.9 Å². The number of nitrogens with zero attached hydrogens (tertiary/aromatic N) is 3. The summed E-state index contributed by atoms with van der Waals surface area (Å²) in [5, 5.41) is 4.40. The second-order valence-corrected chi connectivity index (χ2v) is 8.03. The zero-order chi connectivity index (χ0) is 17.0. The van der Waals surface area contributed by atoms with Crippen LogP contribution in [0.15, 0.2) is 11.2 Å². The van der Waals surface area contributed by atoms with Gasteiger partial charge in [-0.05, 0) is 34.1 Å². The average Bonchev–Trinajstić information content (AvgIpc) is 3.07. The van der Waals surface area contributed by atoms with Crippen LogP contribution in [0.4, 0.5) is 0 Å². The largest absolute Gasteiger partial charge is 0.460 e. The quantitative estimate of drug-likeness (QED) is 0.321. The molecule has 136 valence electrons. The molecule has 0 radical (unpaired) electrons. The van der Waals surface area contributed by atoms with Crippen LogP contribution in [0.25, 0.3) is 0 Å². The molecule has 8 heteroatoms. The van der Waals surface area contributed by atoms with Gasteiger partial charge in [0.1, 0.15) is 5.60 Å². The lowest BCUT2D eigenvalue weighted by atomic mass is 10.1. The van der Waals surface area contributed by atoms with Crippen molar-refractivity contribution in [3.8, 4) is 0 Å². The molecule has 6 nitrogen and oxygen atoms in total. The smallest absolute Gasteiger partial charge is 0.311 e. The summed E-state index contributed by atoms with van der Waals surface area (Å²) in [7, 11) is 1.76. The molecular formula is C16H27IN4O2S. The Hall–Kier alpha value is -0.900. The van der Waals surface area contributed by atoms with E-state index in [0.29, 0.717) is 13.1 Å². The third kappa shape index (κ3) is 6.19. The summed E-state index contributed by atoms with van der Waals surface area (Å²) in [5.74, 6) is 0.620. The summed E-state index contributed by atoms with van der Waals surface area (Å²) in [6.07, 6.45) is 2.68. The van der Waals surface area contributed by atoms with Gasteiger partial charge in [-0.15, -0.1) is 35.3 Å². The van der Waals surface area contributed by atoms with Gasteiger partial charge in [-0.25, -0.2) is 4.98 Å². The monoisotopic (exact) mass is 466 g/mol. The minimum absolute atomic E-state index is 0. The lowest BCUT2D eigenvalue weighted by Gasteiger charge is -2.23. The molecule has 1 fully saturated rings. The van der Waals surface area contributed by atoms with Crippen LogP contribution >= 0.6 is 35.3 Å². The molecule has 1 aliphatic heterocycles. The van der Waals surface area contributed by atoms with E-state index >= 15 is 0 Å². The number of thiazole rings is 1. The third-order valence-electron chi connectivity index (χ3n) is 3.53. The van der Waals surface area contributed by atoms with Gasteiger partial charge in [0.15, 0.2) is 5.96 Å². The minimum atomic E-state index is -0.436. The second kappa shape index (κ2) is 8.98. The summed E-state index contributed by atoms with van der Waals surface area (Å²) < 4.78 is 5.48. The number of hydrogen-bond donors (Lipinski definition) is 1. The number of hydrogen-bond acceptors (Lipinski definition) is 5. The zero-order valence-corrected chi connectivity index (χ0v) is 18.1. The Balaban J connectivity index is 0.00000288. The van der Waals surface area contributed by atoms with Gasteiger partial charge in [-0.2, -0.15) is 0 Å². The van der Waals surface area contributed by atoms with Crippen molar-refractivity contribution in [3.05, 3.63) is 16.1 Å². The maximum atomic E-state index is 12.2. The second-order valence-electron chi connectivity index (χ2n) is 6.71. The molecule has 1 aliphatic rings. The Morgan fingerprint density at radius 3 is 2.79 bits per heavy atom. The topological polar surface area (TPSA) is 66.8 Å². The van der Waals surface area contributed by atoms with Crippen molar-refractivity contribution < 1.29 is 9.53 Å². The summed E-state index contributed by atoms with van der Waals surface area (Å²) >= 11 is 1.67. The normalized spacial score (nSPS) is 18.3. The average molecular weight is 466 g/mol. The predicted molar refractivity (Wildman–Crippen MR) is 108 cm³/mol. The standard InChI is InChI=1S/C16H26N4O2S.HI/c1-11-18-8-13(23-11)9-19-15(17-5)20-7-6-12(10-20)14(21)22-16(2,3)4;/h8,12H,6-7,9-10H2,1-5H3,(H,17,19);1H. The van der Waals surface area contributed by atoms with Crippen molar-refractivity contribution in [2.75, 3.05) is 20.1 Å². The van der Waals surface area contributed by atoms with E-state index in [4.69, 9.17) is 4.74 Å². The molecule has 2 heterocycles. The SMILES string of the molecule is CN=C(NCc1cnc(C)s1)N1CCC(C(=O)OC(C)(C)C)C1.I. The molecule has 1 aromatic rings. The molecule has 0 spiro atoms. The van der Waals surface area contributed by atoms with Crippen molar-refractivity contribution in [2.24, 2.45) is 10.9 Å². The first-order valence-corrected chi connectivity index (χ1v) is 8.70. The molecule has 24 heavy (non-hydrogen) atoms. The number of rotatable bonds is 3. The van der Waals surface area contributed by atoms with Crippen molar-refractivity contribution >= 4 is 47.2 Å². The van der Waals surface area contributed by atoms with Crippen molar-refractivity contribution in [2.45, 2.75) is 46.3 Å². The minimum Gasteiger partial charge on any atom is -0.460 e. The van der Waals surface area contributed by atoms with Crippen LogP contribution in [-0.4, -0.2) is 47.6 Å². The van der Waals surface area contributed by atoms with E-state index in [9.17, 15) is 4.79 Å². The lowest BCUT2D eigenvalue weighted by Crippen LogP contribution is -2.40. The summed E-state index contributed by atoms with van der Waals surface area (Å²) in [6, 6.07) is 0. The van der Waals surface area contributed by atoms with Crippen LogP contribution in [0.1, 0.15) is 37.1 Å². The van der Waals surface area contributed by atoms with Gasteiger partial charge in [0.2, 0.25) is 0 Å². The fraction of sp³-hybridized carbons (Fsp3) is 0.688. The third-order valence-corrected chi connectivity index (χ3v) is 4.44. The summed E-state index contributed by atoms with van der Waals surface area (Å²) in [6.45, 7) is 9.85. The summed E-state index contributed by atoms with van der Waals surface area (Å²) in [5.41, 5.74) is -0.436. The van der Waals surface area contributed by atoms with Gasteiger partial charge in [-0.3, -0.25) is 9.79 Å². The van der Waals surface area contributed by atoms with Crippen LogP contribution in [-0.2, 0) is 16.1 Å². The number of aliphatic imine (C=N–C) groups is 1. The first kappa shape index (κ1) is 21.1. The van der Waals surface area contributed by atoms with E-state index in [2.05, 4.69) is 20.2 Å². The highest BCUT2D eigenvalue weighted by Gasteiger charge is 2.33. The number of aryl methyl sites for hydroxylation is 1. The Morgan fingerprint density at radius 1 is 1.54 bits per heavy atom. The molecule has 0 aromatic carbocycles. The Bertz CT molecular complexity index is 583. The number of likely N-dealkylation sites (tertiary alicyclic amines) is 1. The van der Waals surface area contributed by atoms with Crippen LogP contribution in [0.3, 0.4) is 0 Å². The number of nitrogens with one attached hydrogen (secondary N) is 1. The van der Waals surface area contributed by atoms with E-state index in [1.54, 1.807) is 18.4 Å². The van der Waals surface area contributed by atoms with Gasteiger partial charge >= 0.3 is 5.97 Å².